The van der Waals surface area contributed by atoms with Gasteiger partial charge < -0.3 is 15.5 Å². The molecule has 7 nitrogen and oxygen atoms in total. The Kier molecular flexibility index (Phi) is 4.16. The predicted octanol–water partition coefficient (Wildman–Crippen LogP) is 1.00. The van der Waals surface area contributed by atoms with Crippen LogP contribution >= 0.6 is 0 Å². The van der Waals surface area contributed by atoms with Crippen LogP contribution < -0.4 is 16.6 Å². The second-order valence-corrected chi connectivity index (χ2v) is 4.53. The van der Waals surface area contributed by atoms with Gasteiger partial charge in [-0.05, 0) is 26.7 Å². The van der Waals surface area contributed by atoms with Crippen LogP contribution in [-0.2, 0) is 9.53 Å². The third-order valence-electron chi connectivity index (χ3n) is 2.84. The molecule has 1 saturated carbocycles. The molecule has 0 bridgehead atoms. The third kappa shape index (κ3) is 3.54. The minimum Gasteiger partial charge on any atom is -0.464 e. The van der Waals surface area contributed by atoms with Crippen molar-refractivity contribution in [1.82, 2.24) is 9.97 Å². The summed E-state index contributed by atoms with van der Waals surface area (Å²) in [6.07, 6.45) is 2.20. The minimum absolute atomic E-state index is 0.309. The molecule has 0 radical (unpaired) electrons. The van der Waals surface area contributed by atoms with Crippen LogP contribution in [0.1, 0.15) is 38.4 Å². The normalized spacial score (nSPS) is 15.7. The van der Waals surface area contributed by atoms with Crippen LogP contribution in [0, 0.1) is 0 Å². The van der Waals surface area contributed by atoms with E-state index in [0.717, 1.165) is 18.7 Å². The number of carbonyl (C=O) groups excluding carboxylic acids is 1. The van der Waals surface area contributed by atoms with E-state index >= 15 is 0 Å². The van der Waals surface area contributed by atoms with Gasteiger partial charge in [-0.15, -0.1) is 0 Å². The number of nitrogens with two attached hydrogens (primary N) is 1. The van der Waals surface area contributed by atoms with Crippen LogP contribution in [0.2, 0.25) is 0 Å². The number of nitrogen functional groups attached to an aromatic ring is 1. The number of rotatable bonds is 6. The fraction of sp³-hybridized carbons (Fsp3) is 0.583. The number of hydrogen-bond acceptors (Lipinski definition) is 7. The molecule has 1 unspecified atom stereocenters. The molecule has 4 N–H and O–H groups in total. The smallest absolute Gasteiger partial charge is 0.328 e. The number of aromatic nitrogens is 2. The van der Waals surface area contributed by atoms with Crippen LogP contribution in [0.5, 0.6) is 0 Å². The lowest BCUT2D eigenvalue weighted by atomic mass is 10.3. The average Bonchev–Trinajstić information content (AvgIpc) is 3.22. The van der Waals surface area contributed by atoms with Gasteiger partial charge in [0.25, 0.3) is 0 Å². The zero-order chi connectivity index (χ0) is 13.8. The molecule has 0 aromatic carbocycles. The Morgan fingerprint density at radius 2 is 2.21 bits per heavy atom. The van der Waals surface area contributed by atoms with Crippen molar-refractivity contribution in [3.63, 3.8) is 0 Å². The summed E-state index contributed by atoms with van der Waals surface area (Å²) in [5.41, 5.74) is 2.51. The van der Waals surface area contributed by atoms with Crippen molar-refractivity contribution in [3.8, 4) is 0 Å². The first kappa shape index (κ1) is 13.5. The number of esters is 1. The Balaban J connectivity index is 2.10. The highest BCUT2D eigenvalue weighted by Crippen LogP contribution is 2.38. The first-order valence-electron chi connectivity index (χ1n) is 6.42. The zero-order valence-electron chi connectivity index (χ0n) is 11.1. The molecule has 1 aromatic heterocycles. The Morgan fingerprint density at radius 1 is 1.53 bits per heavy atom. The van der Waals surface area contributed by atoms with E-state index in [9.17, 15) is 4.79 Å². The van der Waals surface area contributed by atoms with Gasteiger partial charge in [-0.25, -0.2) is 20.6 Å². The first-order valence-corrected chi connectivity index (χ1v) is 6.42. The highest BCUT2D eigenvalue weighted by atomic mass is 16.5. The average molecular weight is 265 g/mol. The fourth-order valence-electron chi connectivity index (χ4n) is 1.69. The van der Waals surface area contributed by atoms with Gasteiger partial charge >= 0.3 is 5.97 Å². The summed E-state index contributed by atoms with van der Waals surface area (Å²) in [5, 5.41) is 3.00. The van der Waals surface area contributed by atoms with E-state index in [1.807, 2.05) is 0 Å². The summed E-state index contributed by atoms with van der Waals surface area (Å²) in [7, 11) is 0. The number of carbonyl (C=O) groups is 1. The summed E-state index contributed by atoms with van der Waals surface area (Å²) in [6, 6.07) is 1.20. The highest BCUT2D eigenvalue weighted by molar-refractivity contribution is 5.78. The van der Waals surface area contributed by atoms with E-state index in [1.54, 1.807) is 19.9 Å². The van der Waals surface area contributed by atoms with E-state index in [2.05, 4.69) is 20.7 Å². The topological polar surface area (TPSA) is 102 Å². The summed E-state index contributed by atoms with van der Waals surface area (Å²) in [5.74, 6) is 7.36. The van der Waals surface area contributed by atoms with Crippen LogP contribution in [0.25, 0.3) is 0 Å². The maximum Gasteiger partial charge on any atom is 0.328 e. The van der Waals surface area contributed by atoms with Gasteiger partial charge in [0.2, 0.25) is 0 Å². The quantitative estimate of drug-likeness (QED) is 0.400. The van der Waals surface area contributed by atoms with Crippen LogP contribution in [0.4, 0.5) is 11.6 Å². The van der Waals surface area contributed by atoms with E-state index < -0.39 is 6.04 Å². The van der Waals surface area contributed by atoms with Gasteiger partial charge in [0.1, 0.15) is 23.5 Å². The molecule has 19 heavy (non-hydrogen) atoms. The molecule has 0 aliphatic heterocycles. The zero-order valence-corrected chi connectivity index (χ0v) is 11.1. The SMILES string of the molecule is CCOC(=O)C(C)Nc1cc(NN)nc(C2CC2)n1. The van der Waals surface area contributed by atoms with Crippen molar-refractivity contribution in [2.45, 2.75) is 38.6 Å². The van der Waals surface area contributed by atoms with Crippen LogP contribution in [0.15, 0.2) is 6.07 Å². The Hall–Kier alpha value is -1.89. The fourth-order valence-corrected chi connectivity index (χ4v) is 1.69. The summed E-state index contributed by atoms with van der Waals surface area (Å²) in [4.78, 5) is 20.3. The number of nitrogens with zero attached hydrogens (tertiary/aromatic N) is 2. The molecule has 7 heteroatoms. The van der Waals surface area contributed by atoms with Crippen LogP contribution in [-0.4, -0.2) is 28.6 Å². The van der Waals surface area contributed by atoms with Gasteiger partial charge in [0.05, 0.1) is 6.61 Å². The summed E-state index contributed by atoms with van der Waals surface area (Å²) < 4.78 is 4.94. The lowest BCUT2D eigenvalue weighted by Crippen LogP contribution is -2.29. The number of hydrazine groups is 1. The number of nitrogens with one attached hydrogen (secondary N) is 2. The third-order valence-corrected chi connectivity index (χ3v) is 2.84. The second kappa shape index (κ2) is 5.83. The minimum atomic E-state index is -0.465. The second-order valence-electron chi connectivity index (χ2n) is 4.53. The largest absolute Gasteiger partial charge is 0.464 e. The monoisotopic (exact) mass is 265 g/mol. The number of anilines is 2. The molecule has 1 heterocycles. The van der Waals surface area contributed by atoms with E-state index in [0.29, 0.717) is 24.2 Å². The summed E-state index contributed by atoms with van der Waals surface area (Å²) >= 11 is 0. The predicted molar refractivity (Wildman–Crippen MR) is 71.5 cm³/mol. The van der Waals surface area contributed by atoms with Crippen molar-refractivity contribution >= 4 is 17.6 Å². The Morgan fingerprint density at radius 3 is 2.79 bits per heavy atom. The molecule has 104 valence electrons. The van der Waals surface area contributed by atoms with Gasteiger partial charge in [-0.3, -0.25) is 0 Å². The molecule has 0 amide bonds. The molecule has 2 rings (SSSR count). The lowest BCUT2D eigenvalue weighted by molar-refractivity contribution is -0.143. The van der Waals surface area contributed by atoms with Gasteiger partial charge in [-0.2, -0.15) is 0 Å². The number of hydrogen-bond donors (Lipinski definition) is 3. The van der Waals surface area contributed by atoms with Crippen LogP contribution in [0.3, 0.4) is 0 Å². The van der Waals surface area contributed by atoms with Crippen molar-refractivity contribution < 1.29 is 9.53 Å². The molecule has 0 saturated heterocycles. The summed E-state index contributed by atoms with van der Waals surface area (Å²) in [6.45, 7) is 3.86. The van der Waals surface area contributed by atoms with Gasteiger partial charge in [0.15, 0.2) is 0 Å². The van der Waals surface area contributed by atoms with Crippen molar-refractivity contribution in [3.05, 3.63) is 11.9 Å². The maximum atomic E-state index is 11.6. The maximum absolute atomic E-state index is 11.6. The molecule has 1 fully saturated rings. The molecule has 1 aliphatic carbocycles. The molecule has 1 atom stereocenters. The number of ether oxygens (including phenoxy) is 1. The Labute approximate surface area is 111 Å². The van der Waals surface area contributed by atoms with E-state index in [1.165, 1.54) is 0 Å². The molecular formula is C12H19N5O2. The highest BCUT2D eigenvalue weighted by Gasteiger charge is 2.27. The van der Waals surface area contributed by atoms with Gasteiger partial charge in [-0.1, -0.05) is 0 Å². The van der Waals surface area contributed by atoms with Crippen molar-refractivity contribution in [2.24, 2.45) is 5.84 Å². The lowest BCUT2D eigenvalue weighted by Gasteiger charge is -2.14. The van der Waals surface area contributed by atoms with Crippen molar-refractivity contribution in [1.29, 1.82) is 0 Å². The van der Waals surface area contributed by atoms with E-state index in [-0.39, 0.29) is 5.97 Å². The molecule has 1 aromatic rings. The molecular weight excluding hydrogens is 246 g/mol. The molecule has 0 spiro atoms. The first-order chi connectivity index (χ1) is 9.13. The van der Waals surface area contributed by atoms with Crippen molar-refractivity contribution in [2.75, 3.05) is 17.3 Å². The standard InChI is InChI=1S/C12H19N5O2/c1-3-19-12(18)7(2)14-9-6-10(17-13)16-11(15-9)8-4-5-8/h6-8H,3-5,13H2,1-2H3,(H2,14,15,16,17). The Bertz CT molecular complexity index is 461. The van der Waals surface area contributed by atoms with Gasteiger partial charge in [0, 0.05) is 12.0 Å². The molecule has 1 aliphatic rings. The van der Waals surface area contributed by atoms with E-state index in [4.69, 9.17) is 10.6 Å².